The fourth-order valence-corrected chi connectivity index (χ4v) is 1.15. The zero-order chi connectivity index (χ0) is 12.8. The van der Waals surface area contributed by atoms with E-state index in [2.05, 4.69) is 4.74 Å². The van der Waals surface area contributed by atoms with Gasteiger partial charge in [0, 0.05) is 6.20 Å². The molecule has 0 aliphatic heterocycles. The van der Waals surface area contributed by atoms with Crippen LogP contribution in [0.2, 0.25) is 0 Å². The van der Waals surface area contributed by atoms with Crippen LogP contribution in [0.5, 0.6) is 0 Å². The number of halogens is 1. The normalized spacial score (nSPS) is 11.1. The van der Waals surface area contributed by atoms with E-state index in [4.69, 9.17) is 11.6 Å². The van der Waals surface area contributed by atoms with Gasteiger partial charge in [0.25, 0.3) is 0 Å². The Morgan fingerprint density at radius 3 is 2.59 bits per heavy atom. The third-order valence-corrected chi connectivity index (χ3v) is 2.02. The molecular formula is C11H14FN3O2. The molecule has 0 aliphatic carbocycles. The van der Waals surface area contributed by atoms with Crippen molar-refractivity contribution in [1.82, 2.24) is 5.01 Å². The average molecular weight is 239 g/mol. The van der Waals surface area contributed by atoms with E-state index < -0.39 is 5.97 Å². The highest BCUT2D eigenvalue weighted by atomic mass is 19.1. The van der Waals surface area contributed by atoms with E-state index in [1.54, 1.807) is 0 Å². The maximum Gasteiger partial charge on any atom is 0.326 e. The van der Waals surface area contributed by atoms with Crippen LogP contribution < -0.4 is 11.6 Å². The molecule has 4 N–H and O–H groups in total. The van der Waals surface area contributed by atoms with Gasteiger partial charge in [0.2, 0.25) is 0 Å². The minimum Gasteiger partial charge on any atom is -0.468 e. The number of hydrogen-bond acceptors (Lipinski definition) is 5. The average Bonchev–Trinajstić information content (AvgIpc) is 2.29. The van der Waals surface area contributed by atoms with Crippen molar-refractivity contribution in [3.63, 3.8) is 0 Å². The Morgan fingerprint density at radius 1 is 1.47 bits per heavy atom. The number of benzene rings is 1. The maximum atomic E-state index is 12.7. The van der Waals surface area contributed by atoms with Crippen LogP contribution in [-0.4, -0.2) is 24.6 Å². The molecule has 0 aromatic heterocycles. The van der Waals surface area contributed by atoms with Gasteiger partial charge in [0.05, 0.1) is 12.8 Å². The highest BCUT2D eigenvalue weighted by Crippen LogP contribution is 2.09. The summed E-state index contributed by atoms with van der Waals surface area (Å²) in [6.07, 6.45) is 1.38. The summed E-state index contributed by atoms with van der Waals surface area (Å²) >= 11 is 0. The predicted molar refractivity (Wildman–Crippen MR) is 61.5 cm³/mol. The van der Waals surface area contributed by atoms with Crippen molar-refractivity contribution in [1.29, 1.82) is 0 Å². The maximum absolute atomic E-state index is 12.7. The molecular weight excluding hydrogens is 225 g/mol. The minimum atomic E-state index is -0.476. The van der Waals surface area contributed by atoms with Crippen molar-refractivity contribution in [2.75, 3.05) is 13.7 Å². The largest absolute Gasteiger partial charge is 0.468 e. The van der Waals surface area contributed by atoms with E-state index >= 15 is 0 Å². The fourth-order valence-electron chi connectivity index (χ4n) is 1.15. The molecule has 0 unspecified atom stereocenters. The monoisotopic (exact) mass is 239 g/mol. The third kappa shape index (κ3) is 4.12. The standard InChI is InChI=1S/C11H14FN3O2/c1-17-11(16)7-15(14)6-10(13)8-2-4-9(12)5-3-8/h2-6H,7,13-14H2,1H3/b10-6-. The Morgan fingerprint density at radius 2 is 2.06 bits per heavy atom. The molecule has 0 heterocycles. The molecule has 5 nitrogen and oxygen atoms in total. The molecule has 0 spiro atoms. The summed E-state index contributed by atoms with van der Waals surface area (Å²) in [5.74, 6) is 4.70. The lowest BCUT2D eigenvalue weighted by atomic mass is 10.2. The fraction of sp³-hybridized carbons (Fsp3) is 0.182. The van der Waals surface area contributed by atoms with E-state index in [0.29, 0.717) is 11.3 Å². The smallest absolute Gasteiger partial charge is 0.326 e. The summed E-state index contributed by atoms with van der Waals surface area (Å²) in [4.78, 5) is 10.9. The molecule has 0 bridgehead atoms. The molecule has 92 valence electrons. The Labute approximate surface area is 98.4 Å². The number of ether oxygens (including phenoxy) is 1. The Kier molecular flexibility index (Phi) is 4.47. The van der Waals surface area contributed by atoms with Crippen LogP contribution in [0.4, 0.5) is 4.39 Å². The topological polar surface area (TPSA) is 81.6 Å². The number of hydrazine groups is 1. The van der Waals surface area contributed by atoms with Crippen LogP contribution in [-0.2, 0) is 9.53 Å². The Hall–Kier alpha value is -2.08. The molecule has 1 aromatic carbocycles. The molecule has 0 saturated heterocycles. The minimum absolute atomic E-state index is 0.113. The lowest BCUT2D eigenvalue weighted by molar-refractivity contribution is -0.141. The second kappa shape index (κ2) is 5.86. The van der Waals surface area contributed by atoms with Crippen molar-refractivity contribution >= 4 is 11.7 Å². The SMILES string of the molecule is COC(=O)CN(N)/C=C(\N)c1ccc(F)cc1. The van der Waals surface area contributed by atoms with Crippen molar-refractivity contribution in [3.05, 3.63) is 41.8 Å². The molecule has 6 heteroatoms. The van der Waals surface area contributed by atoms with Crippen molar-refractivity contribution in [2.45, 2.75) is 0 Å². The van der Waals surface area contributed by atoms with Crippen molar-refractivity contribution in [2.24, 2.45) is 11.6 Å². The first-order valence-electron chi connectivity index (χ1n) is 4.84. The predicted octanol–water partition coefficient (Wildman–Crippen LogP) is 0.432. The molecule has 0 atom stereocenters. The zero-order valence-corrected chi connectivity index (χ0v) is 9.39. The number of rotatable bonds is 4. The van der Waals surface area contributed by atoms with E-state index in [-0.39, 0.29) is 12.4 Å². The highest BCUT2D eigenvalue weighted by Gasteiger charge is 2.05. The third-order valence-electron chi connectivity index (χ3n) is 2.02. The van der Waals surface area contributed by atoms with Gasteiger partial charge in [-0.3, -0.25) is 4.79 Å². The Balaban J connectivity index is 2.71. The second-order valence-corrected chi connectivity index (χ2v) is 3.34. The van der Waals surface area contributed by atoms with Crippen LogP contribution in [0.25, 0.3) is 5.70 Å². The molecule has 1 aromatic rings. The molecule has 1 rings (SSSR count). The number of nitrogens with zero attached hydrogens (tertiary/aromatic N) is 1. The van der Waals surface area contributed by atoms with Crippen LogP contribution in [0.1, 0.15) is 5.56 Å². The van der Waals surface area contributed by atoms with Gasteiger partial charge in [-0.2, -0.15) is 0 Å². The first kappa shape index (κ1) is 13.0. The summed E-state index contributed by atoms with van der Waals surface area (Å²) < 4.78 is 17.1. The molecule has 0 radical (unpaired) electrons. The van der Waals surface area contributed by atoms with Gasteiger partial charge in [-0.25, -0.2) is 10.2 Å². The first-order chi connectivity index (χ1) is 8.02. The molecule has 17 heavy (non-hydrogen) atoms. The summed E-state index contributed by atoms with van der Waals surface area (Å²) in [5, 5.41) is 1.10. The van der Waals surface area contributed by atoms with E-state index in [1.165, 1.54) is 37.6 Å². The van der Waals surface area contributed by atoms with E-state index in [0.717, 1.165) is 5.01 Å². The number of methoxy groups -OCH3 is 1. The molecule has 0 aliphatic rings. The number of nitrogens with two attached hydrogens (primary N) is 2. The lowest BCUT2D eigenvalue weighted by Crippen LogP contribution is -2.32. The van der Waals surface area contributed by atoms with Crippen molar-refractivity contribution < 1.29 is 13.9 Å². The van der Waals surface area contributed by atoms with Gasteiger partial charge in [-0.1, -0.05) is 0 Å². The van der Waals surface area contributed by atoms with E-state index in [1.807, 2.05) is 0 Å². The van der Waals surface area contributed by atoms with Gasteiger partial charge in [-0.05, 0) is 29.8 Å². The quantitative estimate of drug-likeness (QED) is 0.452. The molecule has 0 fully saturated rings. The summed E-state index contributed by atoms with van der Waals surface area (Å²) in [6.45, 7) is -0.113. The van der Waals surface area contributed by atoms with Gasteiger partial charge in [-0.15, -0.1) is 0 Å². The lowest BCUT2D eigenvalue weighted by Gasteiger charge is -2.13. The van der Waals surface area contributed by atoms with Crippen LogP contribution in [0.15, 0.2) is 30.5 Å². The number of esters is 1. The van der Waals surface area contributed by atoms with Gasteiger partial charge in [0.15, 0.2) is 0 Å². The summed E-state index contributed by atoms with van der Waals surface area (Å²) in [6, 6.07) is 5.62. The van der Waals surface area contributed by atoms with Crippen LogP contribution >= 0.6 is 0 Å². The number of carbonyl (C=O) groups excluding carboxylic acids is 1. The van der Waals surface area contributed by atoms with Gasteiger partial charge >= 0.3 is 5.97 Å². The van der Waals surface area contributed by atoms with Crippen molar-refractivity contribution in [3.8, 4) is 0 Å². The van der Waals surface area contributed by atoms with E-state index in [9.17, 15) is 9.18 Å². The van der Waals surface area contributed by atoms with Gasteiger partial charge in [0.1, 0.15) is 12.4 Å². The Bertz CT molecular complexity index is 417. The highest BCUT2D eigenvalue weighted by molar-refractivity contribution is 5.72. The number of hydrogen-bond donors (Lipinski definition) is 2. The van der Waals surface area contributed by atoms with Crippen LogP contribution in [0.3, 0.4) is 0 Å². The summed E-state index contributed by atoms with van der Waals surface area (Å²) in [7, 11) is 1.27. The molecule has 0 amide bonds. The van der Waals surface area contributed by atoms with Gasteiger partial charge < -0.3 is 15.5 Å². The zero-order valence-electron chi connectivity index (χ0n) is 9.39. The second-order valence-electron chi connectivity index (χ2n) is 3.34. The molecule has 0 saturated carbocycles. The summed E-state index contributed by atoms with van der Waals surface area (Å²) in [5.41, 5.74) is 6.68. The number of carbonyl (C=O) groups is 1. The van der Waals surface area contributed by atoms with Crippen LogP contribution in [0, 0.1) is 5.82 Å². The first-order valence-corrected chi connectivity index (χ1v) is 4.84.